The molecule has 1 amide bonds. The number of nitrogens with one attached hydrogen (secondary N) is 3. The van der Waals surface area contributed by atoms with Gasteiger partial charge in [-0.2, -0.15) is 5.10 Å². The summed E-state index contributed by atoms with van der Waals surface area (Å²) in [5.41, 5.74) is 8.48. The average Bonchev–Trinajstić information content (AvgIpc) is 3.74. The summed E-state index contributed by atoms with van der Waals surface area (Å²) >= 11 is 0. The molecule has 8 nitrogen and oxygen atoms in total. The number of H-pyrrole nitrogens is 2. The van der Waals surface area contributed by atoms with Crippen LogP contribution in [-0.2, 0) is 4.79 Å². The van der Waals surface area contributed by atoms with Gasteiger partial charge in [0.05, 0.1) is 40.8 Å². The highest BCUT2D eigenvalue weighted by molar-refractivity contribution is 5.99. The van der Waals surface area contributed by atoms with E-state index in [1.165, 1.54) is 0 Å². The van der Waals surface area contributed by atoms with Crippen LogP contribution in [-0.4, -0.2) is 35.6 Å². The first-order valence-electron chi connectivity index (χ1n) is 13.0. The highest BCUT2D eigenvalue weighted by Gasteiger charge is 2.23. The van der Waals surface area contributed by atoms with E-state index in [0.717, 1.165) is 87.1 Å². The van der Waals surface area contributed by atoms with Crippen LogP contribution in [0.5, 0.6) is 0 Å². The Bertz CT molecular complexity index is 1800. The number of fused-ring (bicyclic) bond motifs is 2. The van der Waals surface area contributed by atoms with Crippen molar-refractivity contribution < 1.29 is 4.79 Å². The molecule has 4 heterocycles. The van der Waals surface area contributed by atoms with Crippen LogP contribution in [0.3, 0.4) is 0 Å². The van der Waals surface area contributed by atoms with Gasteiger partial charge in [-0.3, -0.25) is 14.9 Å². The van der Waals surface area contributed by atoms with Crippen LogP contribution in [0.25, 0.3) is 50.0 Å². The van der Waals surface area contributed by atoms with E-state index in [4.69, 9.17) is 0 Å². The largest absolute Gasteiger partial charge is 0.353 e. The Kier molecular flexibility index (Phi) is 5.32. The first-order chi connectivity index (χ1) is 18.6. The smallest absolute Gasteiger partial charge is 0.227 e. The van der Waals surface area contributed by atoms with Crippen molar-refractivity contribution >= 4 is 33.4 Å². The van der Waals surface area contributed by atoms with E-state index in [1.54, 1.807) is 6.20 Å². The lowest BCUT2D eigenvalue weighted by molar-refractivity contribution is -0.119. The molecule has 3 N–H and O–H groups in total. The fraction of sp³-hybridized carbons (Fsp3) is 0.200. The van der Waals surface area contributed by atoms with Crippen molar-refractivity contribution in [3.63, 3.8) is 0 Å². The number of nitrogens with zero attached hydrogens (tertiary/aromatic N) is 4. The maximum absolute atomic E-state index is 12.6. The quantitative estimate of drug-likeness (QED) is 0.254. The highest BCUT2D eigenvalue weighted by Crippen LogP contribution is 2.34. The number of benzene rings is 2. The lowest BCUT2D eigenvalue weighted by atomic mass is 10.0. The maximum atomic E-state index is 12.6. The predicted octanol–water partition coefficient (Wildman–Crippen LogP) is 6.40. The minimum absolute atomic E-state index is 0.0954. The number of amides is 1. The van der Waals surface area contributed by atoms with E-state index in [-0.39, 0.29) is 11.8 Å². The van der Waals surface area contributed by atoms with E-state index in [0.29, 0.717) is 0 Å². The molecule has 188 valence electrons. The Morgan fingerprint density at radius 3 is 2.74 bits per heavy atom. The van der Waals surface area contributed by atoms with Gasteiger partial charge < -0.3 is 14.9 Å². The molecule has 1 saturated carbocycles. The molecule has 4 aromatic heterocycles. The van der Waals surface area contributed by atoms with Crippen LogP contribution in [0.4, 0.5) is 5.69 Å². The van der Waals surface area contributed by atoms with Gasteiger partial charge >= 0.3 is 0 Å². The molecule has 7 rings (SSSR count). The summed E-state index contributed by atoms with van der Waals surface area (Å²) in [5, 5.41) is 13.0. The van der Waals surface area contributed by atoms with Crippen LogP contribution in [0.15, 0.2) is 73.4 Å². The van der Waals surface area contributed by atoms with E-state index < -0.39 is 0 Å². The molecule has 0 aliphatic heterocycles. The maximum Gasteiger partial charge on any atom is 0.227 e. The number of aromatic nitrogens is 6. The molecule has 0 unspecified atom stereocenters. The minimum atomic E-state index is 0.0954. The lowest BCUT2D eigenvalue weighted by Gasteiger charge is -2.11. The third-order valence-electron chi connectivity index (χ3n) is 7.51. The second-order valence-electron chi connectivity index (χ2n) is 10.1. The molecule has 0 radical (unpaired) electrons. The Balaban J connectivity index is 1.24. The number of hydrogen-bond donors (Lipinski definition) is 3. The van der Waals surface area contributed by atoms with Crippen LogP contribution in [0, 0.1) is 12.8 Å². The minimum Gasteiger partial charge on any atom is -0.353 e. The zero-order valence-electron chi connectivity index (χ0n) is 21.0. The van der Waals surface area contributed by atoms with Gasteiger partial charge in [0.15, 0.2) is 0 Å². The Morgan fingerprint density at radius 2 is 1.89 bits per heavy atom. The molecule has 1 aliphatic rings. The second-order valence-corrected chi connectivity index (χ2v) is 10.1. The van der Waals surface area contributed by atoms with Gasteiger partial charge in [-0.25, -0.2) is 4.98 Å². The molecule has 0 atom stereocenters. The molecule has 0 saturated heterocycles. The monoisotopic (exact) mass is 501 g/mol. The van der Waals surface area contributed by atoms with Crippen LogP contribution in [0.2, 0.25) is 0 Å². The van der Waals surface area contributed by atoms with Crippen LogP contribution < -0.4 is 5.32 Å². The summed E-state index contributed by atoms with van der Waals surface area (Å²) in [6.07, 6.45) is 11.6. The van der Waals surface area contributed by atoms with E-state index in [9.17, 15) is 4.79 Å². The van der Waals surface area contributed by atoms with Crippen LogP contribution >= 0.6 is 0 Å². The number of carbonyl (C=O) groups is 1. The van der Waals surface area contributed by atoms with Gasteiger partial charge in [-0.05, 0) is 61.7 Å². The molecular formula is C30H27N7O. The lowest BCUT2D eigenvalue weighted by Crippen LogP contribution is -2.20. The summed E-state index contributed by atoms with van der Waals surface area (Å²) in [6.45, 7) is 1.99. The fourth-order valence-electron chi connectivity index (χ4n) is 5.54. The Labute approximate surface area is 219 Å². The van der Waals surface area contributed by atoms with Crippen molar-refractivity contribution in [1.82, 2.24) is 29.7 Å². The van der Waals surface area contributed by atoms with Crippen molar-refractivity contribution in [3.8, 4) is 28.2 Å². The molecule has 2 aromatic carbocycles. The molecule has 1 fully saturated rings. The topological polar surface area (TPSA) is 104 Å². The van der Waals surface area contributed by atoms with Gasteiger partial charge in [0.2, 0.25) is 5.91 Å². The first kappa shape index (κ1) is 22.5. The number of imidazole rings is 1. The molecule has 38 heavy (non-hydrogen) atoms. The number of aryl methyl sites for hydroxylation is 1. The van der Waals surface area contributed by atoms with Crippen molar-refractivity contribution in [2.24, 2.45) is 5.92 Å². The number of anilines is 1. The average molecular weight is 502 g/mol. The fourth-order valence-corrected chi connectivity index (χ4v) is 5.54. The van der Waals surface area contributed by atoms with Crippen molar-refractivity contribution in [1.29, 1.82) is 0 Å². The predicted molar refractivity (Wildman–Crippen MR) is 149 cm³/mol. The molecule has 0 spiro atoms. The molecule has 0 bridgehead atoms. The molecule has 1 aliphatic carbocycles. The number of aromatic amines is 2. The summed E-state index contributed by atoms with van der Waals surface area (Å²) in [7, 11) is 0. The Morgan fingerprint density at radius 1 is 1.00 bits per heavy atom. The summed E-state index contributed by atoms with van der Waals surface area (Å²) in [5.74, 6) is 0.205. The number of hydrogen-bond acceptors (Lipinski definition) is 4. The first-order valence-corrected chi connectivity index (χ1v) is 13.0. The Hall–Kier alpha value is -4.72. The zero-order valence-corrected chi connectivity index (χ0v) is 21.0. The van der Waals surface area contributed by atoms with Crippen molar-refractivity contribution in [2.45, 2.75) is 32.6 Å². The molecular weight excluding hydrogens is 474 g/mol. The third kappa shape index (κ3) is 3.94. The van der Waals surface area contributed by atoms with Crippen molar-refractivity contribution in [3.05, 3.63) is 79.1 Å². The van der Waals surface area contributed by atoms with E-state index >= 15 is 0 Å². The van der Waals surface area contributed by atoms with Crippen LogP contribution in [0.1, 0.15) is 31.4 Å². The zero-order chi connectivity index (χ0) is 25.6. The van der Waals surface area contributed by atoms with Crippen molar-refractivity contribution in [2.75, 3.05) is 5.32 Å². The number of pyridine rings is 1. The van der Waals surface area contributed by atoms with Gasteiger partial charge in [-0.15, -0.1) is 0 Å². The molecule has 6 aromatic rings. The van der Waals surface area contributed by atoms with Gasteiger partial charge in [0.1, 0.15) is 5.69 Å². The summed E-state index contributed by atoms with van der Waals surface area (Å²) < 4.78 is 2.04. The normalized spacial score (nSPS) is 14.0. The standard InChI is InChI=1S/C30H27N7O/c1-18-16-37(17-32-18)28-8-4-7-25-23(28)13-27(34-25)29-24-12-20(9-10-26(24)35-36-29)21-11-22(15-31-14-21)33-30(38)19-5-2-3-6-19/h4,7-17,19,34H,2-3,5-6H2,1H3,(H,33,38)(H,35,36). The third-order valence-corrected chi connectivity index (χ3v) is 7.51. The molecule has 8 heteroatoms. The van der Waals surface area contributed by atoms with E-state index in [1.807, 2.05) is 48.4 Å². The van der Waals surface area contributed by atoms with Gasteiger partial charge in [-0.1, -0.05) is 25.0 Å². The SMILES string of the molecule is Cc1cn(-c2cccc3[nH]c(-c4n[nH]c5ccc(-c6cncc(NC(=O)C7CCCC7)c6)cc45)cc23)cn1. The number of carbonyl (C=O) groups excluding carboxylic acids is 1. The summed E-state index contributed by atoms with van der Waals surface area (Å²) in [6, 6.07) is 16.5. The van der Waals surface area contributed by atoms with Gasteiger partial charge in [0, 0.05) is 40.2 Å². The highest BCUT2D eigenvalue weighted by atomic mass is 16.1. The van der Waals surface area contributed by atoms with Gasteiger partial charge in [0.25, 0.3) is 0 Å². The summed E-state index contributed by atoms with van der Waals surface area (Å²) in [4.78, 5) is 25.0. The van der Waals surface area contributed by atoms with E-state index in [2.05, 4.69) is 60.8 Å². The second kappa shape index (κ2) is 8.99. The number of rotatable bonds is 5.